The number of aryl methyl sites for hydroxylation is 1. The third kappa shape index (κ3) is 2.19. The fourth-order valence-electron chi connectivity index (χ4n) is 3.35. The molecule has 0 spiro atoms. The smallest absolute Gasteiger partial charge is 0.125 e. The zero-order valence-corrected chi connectivity index (χ0v) is 10.3. The number of nitrogens with two attached hydrogens (primary N) is 1. The predicted molar refractivity (Wildman–Crippen MR) is 66.3 cm³/mol. The third-order valence-corrected chi connectivity index (χ3v) is 4.10. The summed E-state index contributed by atoms with van der Waals surface area (Å²) in [5.74, 6) is 0.864. The molecule has 2 N–H and O–H groups in total. The average Bonchev–Trinajstić information content (AvgIpc) is 2.54. The van der Waals surface area contributed by atoms with Crippen molar-refractivity contribution >= 4 is 0 Å². The summed E-state index contributed by atoms with van der Waals surface area (Å²) in [6.45, 7) is 2.91. The largest absolute Gasteiger partial charge is 0.328 e. The van der Waals surface area contributed by atoms with E-state index in [4.69, 9.17) is 5.73 Å². The van der Waals surface area contributed by atoms with Crippen molar-refractivity contribution in [2.75, 3.05) is 0 Å². The van der Waals surface area contributed by atoms with E-state index in [0.717, 1.165) is 30.9 Å². The fourth-order valence-corrected chi connectivity index (χ4v) is 3.35. The Morgan fingerprint density at radius 1 is 1.35 bits per heavy atom. The lowest BCUT2D eigenvalue weighted by Gasteiger charge is -2.37. The van der Waals surface area contributed by atoms with E-state index in [-0.39, 0.29) is 0 Å². The Morgan fingerprint density at radius 2 is 2.06 bits per heavy atom. The molecule has 0 amide bonds. The summed E-state index contributed by atoms with van der Waals surface area (Å²) in [7, 11) is 0. The average molecular weight is 232 g/mol. The van der Waals surface area contributed by atoms with E-state index in [0.29, 0.717) is 18.1 Å². The molecule has 2 unspecified atom stereocenters. The van der Waals surface area contributed by atoms with E-state index >= 15 is 0 Å². The molecule has 0 saturated carbocycles. The molecule has 0 radical (unpaired) electrons. The van der Waals surface area contributed by atoms with Crippen LogP contribution in [0.2, 0.25) is 0 Å². The van der Waals surface area contributed by atoms with Crippen molar-refractivity contribution in [1.29, 1.82) is 0 Å². The summed E-state index contributed by atoms with van der Waals surface area (Å²) in [4.78, 5) is 11.3. The van der Waals surface area contributed by atoms with Crippen molar-refractivity contribution in [2.24, 2.45) is 5.73 Å². The van der Waals surface area contributed by atoms with Gasteiger partial charge in [0.2, 0.25) is 0 Å². The van der Waals surface area contributed by atoms with Crippen molar-refractivity contribution in [3.63, 3.8) is 0 Å². The lowest BCUT2D eigenvalue weighted by molar-refractivity contribution is 0.118. The van der Waals surface area contributed by atoms with E-state index in [9.17, 15) is 0 Å². The Hall–Kier alpha value is -1.00. The van der Waals surface area contributed by atoms with E-state index in [1.165, 1.54) is 12.8 Å². The summed E-state index contributed by atoms with van der Waals surface area (Å²) in [6, 6.07) is 3.80. The normalized spacial score (nSPS) is 32.9. The van der Waals surface area contributed by atoms with Gasteiger partial charge in [0.25, 0.3) is 0 Å². The molecule has 4 heteroatoms. The molecule has 0 aliphatic carbocycles. The molecule has 2 saturated heterocycles. The maximum absolute atomic E-state index is 6.08. The van der Waals surface area contributed by atoms with Crippen molar-refractivity contribution in [1.82, 2.24) is 14.9 Å². The SMILES string of the molecule is Cc1nccc(CN2C3CCC2CC(N)C3)n1. The highest BCUT2D eigenvalue weighted by Gasteiger charge is 2.39. The van der Waals surface area contributed by atoms with Gasteiger partial charge in [-0.1, -0.05) is 0 Å². The van der Waals surface area contributed by atoms with Crippen molar-refractivity contribution in [3.05, 3.63) is 23.8 Å². The third-order valence-electron chi connectivity index (χ3n) is 4.10. The first kappa shape index (κ1) is 11.1. The Bertz CT molecular complexity index is 392. The molecule has 1 aromatic rings. The van der Waals surface area contributed by atoms with Gasteiger partial charge in [-0.25, -0.2) is 9.97 Å². The molecular weight excluding hydrogens is 212 g/mol. The first-order valence-corrected chi connectivity index (χ1v) is 6.52. The van der Waals surface area contributed by atoms with Crippen LogP contribution in [0.3, 0.4) is 0 Å². The van der Waals surface area contributed by atoms with E-state index in [1.54, 1.807) is 0 Å². The minimum Gasteiger partial charge on any atom is -0.328 e. The van der Waals surface area contributed by atoms with Crippen LogP contribution in [0.1, 0.15) is 37.2 Å². The Labute approximate surface area is 102 Å². The number of aromatic nitrogens is 2. The van der Waals surface area contributed by atoms with E-state index < -0.39 is 0 Å². The van der Waals surface area contributed by atoms with Crippen LogP contribution in [0.25, 0.3) is 0 Å². The minimum absolute atomic E-state index is 0.413. The topological polar surface area (TPSA) is 55.0 Å². The summed E-state index contributed by atoms with van der Waals surface area (Å²) >= 11 is 0. The molecule has 17 heavy (non-hydrogen) atoms. The minimum atomic E-state index is 0.413. The van der Waals surface area contributed by atoms with Gasteiger partial charge in [-0.3, -0.25) is 4.90 Å². The van der Waals surface area contributed by atoms with Crippen LogP contribution in [0.4, 0.5) is 0 Å². The molecule has 2 fully saturated rings. The first-order valence-electron chi connectivity index (χ1n) is 6.52. The van der Waals surface area contributed by atoms with Crippen molar-refractivity contribution < 1.29 is 0 Å². The van der Waals surface area contributed by atoms with Gasteiger partial charge in [0, 0.05) is 30.9 Å². The number of fused-ring (bicyclic) bond motifs is 2. The zero-order chi connectivity index (χ0) is 11.8. The van der Waals surface area contributed by atoms with Gasteiger partial charge in [0.1, 0.15) is 5.82 Å². The predicted octanol–water partition coefficient (Wildman–Crippen LogP) is 1.24. The monoisotopic (exact) mass is 232 g/mol. The van der Waals surface area contributed by atoms with Crippen LogP contribution in [0.15, 0.2) is 12.3 Å². The van der Waals surface area contributed by atoms with Crippen LogP contribution in [0.5, 0.6) is 0 Å². The van der Waals surface area contributed by atoms with Crippen molar-refractivity contribution in [2.45, 2.75) is 57.3 Å². The number of hydrogen-bond acceptors (Lipinski definition) is 4. The van der Waals surface area contributed by atoms with Crippen LogP contribution < -0.4 is 5.73 Å². The Kier molecular flexibility index (Phi) is 2.84. The lowest BCUT2D eigenvalue weighted by atomic mass is 9.98. The van der Waals surface area contributed by atoms with Gasteiger partial charge >= 0.3 is 0 Å². The lowest BCUT2D eigenvalue weighted by Crippen LogP contribution is -2.46. The van der Waals surface area contributed by atoms with Crippen LogP contribution in [-0.4, -0.2) is 33.0 Å². The van der Waals surface area contributed by atoms with Crippen LogP contribution in [-0.2, 0) is 6.54 Å². The molecule has 0 aromatic carbocycles. The van der Waals surface area contributed by atoms with Crippen molar-refractivity contribution in [3.8, 4) is 0 Å². The Balaban J connectivity index is 1.74. The molecule has 3 rings (SSSR count). The summed E-state index contributed by atoms with van der Waals surface area (Å²) in [5.41, 5.74) is 7.23. The summed E-state index contributed by atoms with van der Waals surface area (Å²) < 4.78 is 0. The second kappa shape index (κ2) is 4.35. The highest BCUT2D eigenvalue weighted by molar-refractivity contribution is 5.05. The quantitative estimate of drug-likeness (QED) is 0.833. The maximum atomic E-state index is 6.08. The highest BCUT2D eigenvalue weighted by atomic mass is 15.2. The number of nitrogens with zero attached hydrogens (tertiary/aromatic N) is 3. The summed E-state index contributed by atoms with van der Waals surface area (Å²) in [5, 5.41) is 0. The molecule has 1 aromatic heterocycles. The number of rotatable bonds is 2. The van der Waals surface area contributed by atoms with Crippen LogP contribution >= 0.6 is 0 Å². The molecule has 3 heterocycles. The van der Waals surface area contributed by atoms with Gasteiger partial charge in [-0.05, 0) is 38.7 Å². The number of hydrogen-bond donors (Lipinski definition) is 1. The number of piperidine rings is 1. The molecule has 2 bridgehead atoms. The molecule has 92 valence electrons. The zero-order valence-electron chi connectivity index (χ0n) is 10.3. The van der Waals surface area contributed by atoms with Gasteiger partial charge in [0.05, 0.1) is 5.69 Å². The standard InChI is InChI=1S/C13H20N4/c1-9-15-5-4-11(16-9)8-17-12-2-3-13(17)7-10(14)6-12/h4-5,10,12-13H,2-3,6-8,14H2,1H3. The van der Waals surface area contributed by atoms with Gasteiger partial charge in [-0.2, -0.15) is 0 Å². The molecule has 4 nitrogen and oxygen atoms in total. The van der Waals surface area contributed by atoms with Gasteiger partial charge in [0.15, 0.2) is 0 Å². The van der Waals surface area contributed by atoms with E-state index in [2.05, 4.69) is 14.9 Å². The first-order chi connectivity index (χ1) is 8.22. The molecule has 2 aliphatic rings. The highest BCUT2D eigenvalue weighted by Crippen LogP contribution is 2.35. The maximum Gasteiger partial charge on any atom is 0.125 e. The fraction of sp³-hybridized carbons (Fsp3) is 0.692. The van der Waals surface area contributed by atoms with Gasteiger partial charge < -0.3 is 5.73 Å². The summed E-state index contributed by atoms with van der Waals surface area (Å²) in [6.07, 6.45) is 6.78. The second-order valence-corrected chi connectivity index (χ2v) is 5.38. The van der Waals surface area contributed by atoms with Crippen LogP contribution in [0, 0.1) is 6.92 Å². The van der Waals surface area contributed by atoms with Gasteiger partial charge in [-0.15, -0.1) is 0 Å². The van der Waals surface area contributed by atoms with E-state index in [1.807, 2.05) is 19.2 Å². The Morgan fingerprint density at radius 3 is 2.71 bits per heavy atom. The second-order valence-electron chi connectivity index (χ2n) is 5.38. The molecule has 2 aliphatic heterocycles. The molecule has 2 atom stereocenters. The molecular formula is C13H20N4.